The smallest absolute Gasteiger partial charge is 0.112 e. The van der Waals surface area contributed by atoms with Crippen molar-refractivity contribution in [3.8, 4) is 0 Å². The Morgan fingerprint density at radius 3 is 2.76 bits per heavy atom. The molecule has 1 aromatic rings. The van der Waals surface area contributed by atoms with Crippen LogP contribution in [-0.4, -0.2) is 34.6 Å². The van der Waals surface area contributed by atoms with E-state index in [-0.39, 0.29) is 5.54 Å². The maximum absolute atomic E-state index is 4.62. The molecule has 118 valence electrons. The summed E-state index contributed by atoms with van der Waals surface area (Å²) in [6, 6.07) is 0.622. The van der Waals surface area contributed by atoms with Gasteiger partial charge in [-0.2, -0.15) is 0 Å². The van der Waals surface area contributed by atoms with Gasteiger partial charge in [0.1, 0.15) is 5.01 Å². The van der Waals surface area contributed by atoms with Gasteiger partial charge in [0.05, 0.1) is 5.54 Å². The van der Waals surface area contributed by atoms with Gasteiger partial charge in [0.25, 0.3) is 0 Å². The summed E-state index contributed by atoms with van der Waals surface area (Å²) in [5.74, 6) is 0. The van der Waals surface area contributed by atoms with Crippen LogP contribution < -0.4 is 5.32 Å². The summed E-state index contributed by atoms with van der Waals surface area (Å²) in [5.41, 5.74) is 0.403. The average molecular weight is 308 g/mol. The number of nitrogens with zero attached hydrogens (tertiary/aromatic N) is 2. The van der Waals surface area contributed by atoms with Gasteiger partial charge in [-0.1, -0.05) is 26.2 Å². The van der Waals surface area contributed by atoms with E-state index in [1.165, 1.54) is 50.1 Å². The number of hydrogen-bond acceptors (Lipinski definition) is 4. The highest BCUT2D eigenvalue weighted by Gasteiger charge is 2.45. The standard InChI is InChI=1S/C17H29N3S/c1-4-14-12-19-17(8-6-5-7-9-17)13-20(14)16(2,3)15-18-10-11-21-15/h10-11,14,19H,4-9,12-13H2,1-3H3. The molecule has 2 aliphatic rings. The van der Waals surface area contributed by atoms with Crippen LogP contribution in [-0.2, 0) is 5.54 Å². The molecule has 1 aliphatic heterocycles. The third-order valence-corrected chi connectivity index (χ3v) is 6.67. The zero-order valence-electron chi connectivity index (χ0n) is 13.7. The fraction of sp³-hybridized carbons (Fsp3) is 0.824. The van der Waals surface area contributed by atoms with E-state index in [1.807, 2.05) is 6.20 Å². The molecule has 1 spiro atoms. The van der Waals surface area contributed by atoms with Gasteiger partial charge < -0.3 is 5.32 Å². The summed E-state index contributed by atoms with van der Waals surface area (Å²) >= 11 is 1.80. The molecule has 0 radical (unpaired) electrons. The zero-order valence-corrected chi connectivity index (χ0v) is 14.5. The van der Waals surface area contributed by atoms with Gasteiger partial charge >= 0.3 is 0 Å². The zero-order chi connectivity index (χ0) is 14.9. The molecule has 0 amide bonds. The molecular weight excluding hydrogens is 278 g/mol. The second-order valence-electron chi connectivity index (χ2n) is 7.31. The second-order valence-corrected chi connectivity index (χ2v) is 8.20. The van der Waals surface area contributed by atoms with Gasteiger partial charge in [0.2, 0.25) is 0 Å². The lowest BCUT2D eigenvalue weighted by Gasteiger charge is -2.54. The Morgan fingerprint density at radius 2 is 2.14 bits per heavy atom. The quantitative estimate of drug-likeness (QED) is 0.921. The molecule has 2 heterocycles. The summed E-state index contributed by atoms with van der Waals surface area (Å²) < 4.78 is 0. The van der Waals surface area contributed by atoms with Crippen LogP contribution in [0.5, 0.6) is 0 Å². The van der Waals surface area contributed by atoms with Gasteiger partial charge in [-0.05, 0) is 33.1 Å². The SMILES string of the molecule is CCC1CNC2(CCCCC2)CN1C(C)(C)c1nccs1. The number of thiazole rings is 1. The lowest BCUT2D eigenvalue weighted by molar-refractivity contribution is -0.0162. The third kappa shape index (κ3) is 2.90. The molecule has 3 nitrogen and oxygen atoms in total. The fourth-order valence-electron chi connectivity index (χ4n) is 4.19. The van der Waals surface area contributed by atoms with Gasteiger partial charge in [-0.15, -0.1) is 11.3 Å². The highest BCUT2D eigenvalue weighted by Crippen LogP contribution is 2.39. The Kier molecular flexibility index (Phi) is 4.40. The minimum absolute atomic E-state index is 0.0430. The lowest BCUT2D eigenvalue weighted by Crippen LogP contribution is -2.67. The third-order valence-electron chi connectivity index (χ3n) is 5.58. The van der Waals surface area contributed by atoms with E-state index in [4.69, 9.17) is 0 Å². The minimum atomic E-state index is 0.0430. The fourth-order valence-corrected chi connectivity index (χ4v) is 4.96. The van der Waals surface area contributed by atoms with E-state index in [1.54, 1.807) is 11.3 Å². The van der Waals surface area contributed by atoms with E-state index < -0.39 is 0 Å². The number of nitrogens with one attached hydrogen (secondary N) is 1. The van der Waals surface area contributed by atoms with Gasteiger partial charge in [0.15, 0.2) is 0 Å². The molecule has 1 saturated carbocycles. The first kappa shape index (κ1) is 15.4. The number of piperazine rings is 1. The Bertz CT molecular complexity index is 449. The molecule has 21 heavy (non-hydrogen) atoms. The second kappa shape index (κ2) is 5.98. The normalized spacial score (nSPS) is 27.1. The van der Waals surface area contributed by atoms with Crippen molar-refractivity contribution in [2.45, 2.75) is 76.4 Å². The maximum Gasteiger partial charge on any atom is 0.112 e. The van der Waals surface area contributed by atoms with Crippen LogP contribution >= 0.6 is 11.3 Å². The molecule has 1 unspecified atom stereocenters. The first-order valence-corrected chi connectivity index (χ1v) is 9.37. The molecule has 1 aliphatic carbocycles. The first-order valence-electron chi connectivity index (χ1n) is 8.49. The highest BCUT2D eigenvalue weighted by molar-refractivity contribution is 7.09. The summed E-state index contributed by atoms with van der Waals surface area (Å²) in [4.78, 5) is 7.37. The van der Waals surface area contributed by atoms with Gasteiger partial charge in [-0.3, -0.25) is 4.90 Å². The van der Waals surface area contributed by atoms with Crippen molar-refractivity contribution in [2.24, 2.45) is 0 Å². The van der Waals surface area contributed by atoms with Crippen LogP contribution in [0.25, 0.3) is 0 Å². The molecule has 4 heteroatoms. The van der Waals surface area contributed by atoms with Crippen molar-refractivity contribution < 1.29 is 0 Å². The Hall–Kier alpha value is -0.450. The van der Waals surface area contributed by atoms with Crippen molar-refractivity contribution in [1.29, 1.82) is 0 Å². The van der Waals surface area contributed by atoms with Crippen LogP contribution in [0.15, 0.2) is 11.6 Å². The molecule has 1 saturated heterocycles. The topological polar surface area (TPSA) is 28.2 Å². The summed E-state index contributed by atoms with van der Waals surface area (Å²) in [6.07, 6.45) is 10.0. The Morgan fingerprint density at radius 1 is 1.38 bits per heavy atom. The van der Waals surface area contributed by atoms with Crippen molar-refractivity contribution in [3.63, 3.8) is 0 Å². The van der Waals surface area contributed by atoms with E-state index in [0.29, 0.717) is 11.6 Å². The number of aromatic nitrogens is 1. The number of rotatable bonds is 3. The predicted octanol–water partition coefficient (Wildman–Crippen LogP) is 3.76. The molecule has 1 atom stereocenters. The van der Waals surface area contributed by atoms with Crippen LogP contribution in [0.1, 0.15) is 64.3 Å². The van der Waals surface area contributed by atoms with Crippen molar-refractivity contribution >= 4 is 11.3 Å². The molecule has 1 aromatic heterocycles. The monoisotopic (exact) mass is 307 g/mol. The molecule has 3 rings (SSSR count). The lowest BCUT2D eigenvalue weighted by atomic mass is 9.78. The number of hydrogen-bond donors (Lipinski definition) is 1. The van der Waals surface area contributed by atoms with Crippen LogP contribution in [0, 0.1) is 0 Å². The minimum Gasteiger partial charge on any atom is -0.308 e. The summed E-state index contributed by atoms with van der Waals surface area (Å²) in [6.45, 7) is 9.34. The van der Waals surface area contributed by atoms with Crippen LogP contribution in [0.4, 0.5) is 0 Å². The van der Waals surface area contributed by atoms with Crippen LogP contribution in [0.2, 0.25) is 0 Å². The average Bonchev–Trinajstić information content (AvgIpc) is 3.03. The maximum atomic E-state index is 4.62. The van der Waals surface area contributed by atoms with Crippen LogP contribution in [0.3, 0.4) is 0 Å². The molecule has 0 bridgehead atoms. The van der Waals surface area contributed by atoms with Crippen molar-refractivity contribution in [1.82, 2.24) is 15.2 Å². The largest absolute Gasteiger partial charge is 0.308 e. The predicted molar refractivity (Wildman–Crippen MR) is 89.7 cm³/mol. The van der Waals surface area contributed by atoms with E-state index >= 15 is 0 Å². The van der Waals surface area contributed by atoms with Crippen molar-refractivity contribution in [2.75, 3.05) is 13.1 Å². The molecular formula is C17H29N3S. The first-order chi connectivity index (χ1) is 10.1. The highest BCUT2D eigenvalue weighted by atomic mass is 32.1. The van der Waals surface area contributed by atoms with E-state index in [0.717, 1.165) is 6.54 Å². The molecule has 0 aromatic carbocycles. The molecule has 1 N–H and O–H groups in total. The summed E-state index contributed by atoms with van der Waals surface area (Å²) in [5, 5.41) is 7.29. The van der Waals surface area contributed by atoms with Gasteiger partial charge in [0, 0.05) is 36.2 Å². The molecule has 2 fully saturated rings. The van der Waals surface area contributed by atoms with Gasteiger partial charge in [-0.25, -0.2) is 4.98 Å². The summed E-state index contributed by atoms with van der Waals surface area (Å²) in [7, 11) is 0. The Balaban J connectivity index is 1.85. The Labute approximate surface area is 133 Å². The van der Waals surface area contributed by atoms with Crippen molar-refractivity contribution in [3.05, 3.63) is 16.6 Å². The van der Waals surface area contributed by atoms with E-state index in [9.17, 15) is 0 Å². The van der Waals surface area contributed by atoms with E-state index in [2.05, 4.69) is 41.4 Å².